The lowest BCUT2D eigenvalue weighted by Crippen LogP contribution is -2.53. The molecule has 1 aliphatic carbocycles. The van der Waals surface area contributed by atoms with Crippen molar-refractivity contribution in [1.29, 1.82) is 0 Å². The summed E-state index contributed by atoms with van der Waals surface area (Å²) in [5.41, 5.74) is 0.0551. The van der Waals surface area contributed by atoms with Crippen molar-refractivity contribution in [3.63, 3.8) is 0 Å². The minimum atomic E-state index is -0.316. The molecule has 1 aromatic rings. The summed E-state index contributed by atoms with van der Waals surface area (Å²) in [6.45, 7) is 4.24. The Morgan fingerprint density at radius 3 is 2.62 bits per heavy atom. The predicted octanol–water partition coefficient (Wildman–Crippen LogP) is 4.53. The van der Waals surface area contributed by atoms with Crippen LogP contribution in [0.4, 0.5) is 4.39 Å². The van der Waals surface area contributed by atoms with Crippen LogP contribution < -0.4 is 4.74 Å². The molecule has 1 saturated carbocycles. The average Bonchev–Trinajstić information content (AvgIpc) is 2.21. The highest BCUT2D eigenvalue weighted by Crippen LogP contribution is 2.47. The summed E-state index contributed by atoms with van der Waals surface area (Å²) in [5.74, 6) is 0.0175. The number of benzene rings is 1. The van der Waals surface area contributed by atoms with Gasteiger partial charge in [-0.3, -0.25) is 0 Å². The molecule has 1 nitrogen and oxygen atoms in total. The molecule has 88 valence electrons. The monoisotopic (exact) mass is 350 g/mol. The van der Waals surface area contributed by atoms with Crippen LogP contribution in [0.2, 0.25) is 0 Å². The molecule has 2 unspecified atom stereocenters. The Labute approximate surface area is 112 Å². The number of halogens is 3. The van der Waals surface area contributed by atoms with Crippen molar-refractivity contribution in [2.24, 2.45) is 5.41 Å². The maximum Gasteiger partial charge on any atom is 0.166 e. The van der Waals surface area contributed by atoms with E-state index in [4.69, 9.17) is 4.74 Å². The zero-order valence-electron chi connectivity index (χ0n) is 9.14. The molecule has 0 aromatic heterocycles. The van der Waals surface area contributed by atoms with Gasteiger partial charge in [0.15, 0.2) is 11.6 Å². The molecule has 1 aliphatic rings. The molecule has 0 N–H and O–H groups in total. The van der Waals surface area contributed by atoms with E-state index in [0.29, 0.717) is 10.6 Å². The molecule has 0 bridgehead atoms. The van der Waals surface area contributed by atoms with Crippen LogP contribution in [0, 0.1) is 11.2 Å². The molecule has 1 fully saturated rings. The minimum Gasteiger partial charge on any atom is -0.487 e. The lowest BCUT2D eigenvalue weighted by atomic mass is 9.69. The Morgan fingerprint density at radius 1 is 1.44 bits per heavy atom. The van der Waals surface area contributed by atoms with Crippen molar-refractivity contribution >= 4 is 31.9 Å². The largest absolute Gasteiger partial charge is 0.487 e. The van der Waals surface area contributed by atoms with Gasteiger partial charge in [-0.2, -0.15) is 0 Å². The summed E-state index contributed by atoms with van der Waals surface area (Å²) in [7, 11) is 0. The Bertz CT molecular complexity index is 406. The second-order valence-corrected chi connectivity index (χ2v) is 6.73. The molecule has 4 heteroatoms. The van der Waals surface area contributed by atoms with Gasteiger partial charge < -0.3 is 4.74 Å². The third-order valence-electron chi connectivity index (χ3n) is 3.22. The molecule has 0 radical (unpaired) electrons. The van der Waals surface area contributed by atoms with Crippen LogP contribution in [0.1, 0.15) is 20.3 Å². The summed E-state index contributed by atoms with van der Waals surface area (Å²) < 4.78 is 20.0. The van der Waals surface area contributed by atoms with E-state index < -0.39 is 0 Å². The Morgan fingerprint density at radius 2 is 2.12 bits per heavy atom. The highest BCUT2D eigenvalue weighted by molar-refractivity contribution is 9.10. The highest BCUT2D eigenvalue weighted by atomic mass is 79.9. The molecule has 0 aliphatic heterocycles. The van der Waals surface area contributed by atoms with Crippen molar-refractivity contribution in [1.82, 2.24) is 0 Å². The lowest BCUT2D eigenvalue weighted by molar-refractivity contribution is -0.0102. The first kappa shape index (κ1) is 12.4. The van der Waals surface area contributed by atoms with Crippen molar-refractivity contribution < 1.29 is 9.13 Å². The number of hydrogen-bond acceptors (Lipinski definition) is 1. The minimum absolute atomic E-state index is 0.0551. The zero-order chi connectivity index (χ0) is 11.9. The number of alkyl halides is 1. The van der Waals surface area contributed by atoms with Crippen LogP contribution in [0.25, 0.3) is 0 Å². The van der Waals surface area contributed by atoms with E-state index in [1.165, 1.54) is 6.07 Å². The van der Waals surface area contributed by atoms with Gasteiger partial charge >= 0.3 is 0 Å². The quantitative estimate of drug-likeness (QED) is 0.711. The van der Waals surface area contributed by atoms with Gasteiger partial charge in [-0.15, -0.1) is 0 Å². The van der Waals surface area contributed by atoms with E-state index in [9.17, 15) is 4.39 Å². The van der Waals surface area contributed by atoms with E-state index in [-0.39, 0.29) is 17.3 Å². The van der Waals surface area contributed by atoms with Gasteiger partial charge in [0.1, 0.15) is 6.10 Å². The maximum atomic E-state index is 13.6. The third-order valence-corrected chi connectivity index (χ3v) is 5.27. The fourth-order valence-corrected chi connectivity index (χ4v) is 2.73. The second-order valence-electron chi connectivity index (χ2n) is 4.71. The molecule has 2 rings (SSSR count). The summed E-state index contributed by atoms with van der Waals surface area (Å²) >= 11 is 6.81. The molecule has 0 spiro atoms. The molecule has 0 saturated heterocycles. The van der Waals surface area contributed by atoms with Crippen molar-refractivity contribution in [2.45, 2.75) is 31.2 Å². The zero-order valence-corrected chi connectivity index (χ0v) is 12.3. The third kappa shape index (κ3) is 2.14. The van der Waals surface area contributed by atoms with E-state index in [1.807, 2.05) is 0 Å². The van der Waals surface area contributed by atoms with Crippen molar-refractivity contribution in [2.75, 3.05) is 0 Å². The number of ether oxygens (including phenoxy) is 1. The fraction of sp³-hybridized carbons (Fsp3) is 0.500. The van der Waals surface area contributed by atoms with Crippen molar-refractivity contribution in [3.8, 4) is 5.75 Å². The van der Waals surface area contributed by atoms with Gasteiger partial charge in [-0.1, -0.05) is 45.7 Å². The standard InChI is InChI=1S/C12H13Br2FO/c1-12(2)10(14)6-11(12)16-9-4-3-7(13)5-8(9)15/h3-5,10-11H,6H2,1-2H3. The number of rotatable bonds is 2. The SMILES string of the molecule is CC1(C)C(Br)CC1Oc1ccc(Br)cc1F. The van der Waals surface area contributed by atoms with Gasteiger partial charge in [-0.05, 0) is 24.6 Å². The lowest BCUT2D eigenvalue weighted by Gasteiger charge is -2.48. The summed E-state index contributed by atoms with van der Waals surface area (Å²) in [6, 6.07) is 4.87. The molecule has 0 amide bonds. The molecular formula is C12H13Br2FO. The summed E-state index contributed by atoms with van der Waals surface area (Å²) in [5, 5.41) is 0. The van der Waals surface area contributed by atoms with Crippen LogP contribution in [0.5, 0.6) is 5.75 Å². The first-order chi connectivity index (χ1) is 7.41. The van der Waals surface area contributed by atoms with E-state index in [1.54, 1.807) is 12.1 Å². The predicted molar refractivity (Wildman–Crippen MR) is 69.6 cm³/mol. The van der Waals surface area contributed by atoms with E-state index >= 15 is 0 Å². The second kappa shape index (κ2) is 4.30. The smallest absolute Gasteiger partial charge is 0.166 e. The molecule has 1 aromatic carbocycles. The van der Waals surface area contributed by atoms with Crippen LogP contribution in [-0.4, -0.2) is 10.9 Å². The molecular weight excluding hydrogens is 339 g/mol. The van der Waals surface area contributed by atoms with E-state index in [2.05, 4.69) is 45.7 Å². The first-order valence-electron chi connectivity index (χ1n) is 5.17. The van der Waals surface area contributed by atoms with Gasteiger partial charge in [0.05, 0.1) is 0 Å². The average molecular weight is 352 g/mol. The Balaban J connectivity index is 2.11. The highest BCUT2D eigenvalue weighted by Gasteiger charge is 2.48. The first-order valence-corrected chi connectivity index (χ1v) is 6.88. The topological polar surface area (TPSA) is 9.23 Å². The molecule has 2 atom stereocenters. The van der Waals surface area contributed by atoms with Gasteiger partial charge in [0.2, 0.25) is 0 Å². The Kier molecular flexibility index (Phi) is 3.32. The number of hydrogen-bond donors (Lipinski definition) is 0. The van der Waals surface area contributed by atoms with E-state index in [0.717, 1.165) is 10.9 Å². The summed E-state index contributed by atoms with van der Waals surface area (Å²) in [6.07, 6.45) is 0.996. The molecule has 16 heavy (non-hydrogen) atoms. The van der Waals surface area contributed by atoms with Crippen LogP contribution in [0.15, 0.2) is 22.7 Å². The van der Waals surface area contributed by atoms with Crippen LogP contribution in [-0.2, 0) is 0 Å². The summed E-state index contributed by atoms with van der Waals surface area (Å²) in [4.78, 5) is 0.448. The Hall–Kier alpha value is -0.0900. The van der Waals surface area contributed by atoms with Gasteiger partial charge in [0.25, 0.3) is 0 Å². The van der Waals surface area contributed by atoms with Gasteiger partial charge in [0, 0.05) is 14.7 Å². The van der Waals surface area contributed by atoms with Crippen LogP contribution in [0.3, 0.4) is 0 Å². The van der Waals surface area contributed by atoms with Crippen LogP contribution >= 0.6 is 31.9 Å². The fourth-order valence-electron chi connectivity index (χ4n) is 1.76. The van der Waals surface area contributed by atoms with Crippen molar-refractivity contribution in [3.05, 3.63) is 28.5 Å². The normalized spacial score (nSPS) is 27.3. The maximum absolute atomic E-state index is 13.6. The van der Waals surface area contributed by atoms with Gasteiger partial charge in [-0.25, -0.2) is 4.39 Å². The molecule has 0 heterocycles.